The topological polar surface area (TPSA) is 66.5 Å². The molecule has 0 heterocycles. The van der Waals surface area contributed by atoms with Gasteiger partial charge in [-0.2, -0.15) is 0 Å². The van der Waals surface area contributed by atoms with Crippen molar-refractivity contribution in [2.45, 2.75) is 47.0 Å². The van der Waals surface area contributed by atoms with Gasteiger partial charge in [0, 0.05) is 12.1 Å². The molecule has 0 unspecified atom stereocenters. The highest BCUT2D eigenvalue weighted by Gasteiger charge is 2.23. The van der Waals surface area contributed by atoms with E-state index in [0.29, 0.717) is 12.0 Å². The maximum atomic E-state index is 9.62. The van der Waals surface area contributed by atoms with E-state index in [4.69, 9.17) is 5.73 Å². The fourth-order valence-corrected chi connectivity index (χ4v) is 2.92. The molecule has 0 aliphatic rings. The van der Waals surface area contributed by atoms with E-state index in [1.165, 1.54) is 0 Å². The van der Waals surface area contributed by atoms with Gasteiger partial charge in [-0.3, -0.25) is 0 Å². The number of hydrogen-bond donors (Lipinski definition) is 3. The van der Waals surface area contributed by atoms with Crippen molar-refractivity contribution in [1.82, 2.24) is 0 Å². The van der Waals surface area contributed by atoms with Crippen LogP contribution in [0.1, 0.15) is 27.8 Å². The SMILES string of the molecule is Cc1c(C#C[Si](C)(C)C)c(C)c(B(O)O)c(C)c1CN. The van der Waals surface area contributed by atoms with Crippen LogP contribution < -0.4 is 11.2 Å². The molecule has 108 valence electrons. The summed E-state index contributed by atoms with van der Waals surface area (Å²) in [6, 6.07) is 0. The Balaban J connectivity index is 3.67. The second-order valence-electron chi connectivity index (χ2n) is 6.22. The van der Waals surface area contributed by atoms with Crippen molar-refractivity contribution in [3.63, 3.8) is 0 Å². The van der Waals surface area contributed by atoms with Gasteiger partial charge in [-0.1, -0.05) is 25.6 Å². The van der Waals surface area contributed by atoms with E-state index in [2.05, 4.69) is 31.1 Å². The largest absolute Gasteiger partial charge is 0.489 e. The normalized spacial score (nSPS) is 11.1. The maximum Gasteiger partial charge on any atom is 0.489 e. The summed E-state index contributed by atoms with van der Waals surface area (Å²) in [6.45, 7) is 12.7. The van der Waals surface area contributed by atoms with Crippen LogP contribution in [-0.2, 0) is 6.54 Å². The lowest BCUT2D eigenvalue weighted by Gasteiger charge is -2.19. The second-order valence-corrected chi connectivity index (χ2v) is 11.0. The average molecular weight is 289 g/mol. The minimum Gasteiger partial charge on any atom is -0.423 e. The first kappa shape index (κ1) is 17.0. The van der Waals surface area contributed by atoms with Gasteiger partial charge in [0.1, 0.15) is 8.07 Å². The zero-order chi connectivity index (χ0) is 15.7. The molecule has 3 nitrogen and oxygen atoms in total. The molecule has 1 aromatic carbocycles. The van der Waals surface area contributed by atoms with E-state index in [1.807, 2.05) is 20.8 Å². The van der Waals surface area contributed by atoms with Gasteiger partial charge >= 0.3 is 7.12 Å². The third-order valence-electron chi connectivity index (χ3n) is 3.49. The highest BCUT2D eigenvalue weighted by molar-refractivity contribution is 6.83. The fourth-order valence-electron chi connectivity index (χ4n) is 2.42. The van der Waals surface area contributed by atoms with Crippen LogP contribution in [0.4, 0.5) is 0 Å². The maximum absolute atomic E-state index is 9.62. The van der Waals surface area contributed by atoms with Gasteiger partial charge in [0.25, 0.3) is 0 Å². The summed E-state index contributed by atoms with van der Waals surface area (Å²) in [5.41, 5.74) is 14.3. The number of rotatable bonds is 2. The first-order valence-corrected chi connectivity index (χ1v) is 10.3. The zero-order valence-electron chi connectivity index (χ0n) is 13.3. The Morgan fingerprint density at radius 3 is 2.00 bits per heavy atom. The van der Waals surface area contributed by atoms with E-state index in [9.17, 15) is 10.0 Å². The Bertz CT molecular complexity index is 580. The predicted molar refractivity (Wildman–Crippen MR) is 88.6 cm³/mol. The molecule has 0 saturated heterocycles. The molecular formula is C15H24BNO2Si. The third kappa shape index (κ3) is 3.53. The van der Waals surface area contributed by atoms with Gasteiger partial charge < -0.3 is 15.8 Å². The van der Waals surface area contributed by atoms with E-state index < -0.39 is 15.2 Å². The predicted octanol–water partition coefficient (Wildman–Crippen LogP) is 0.979. The summed E-state index contributed by atoms with van der Waals surface area (Å²) in [6.07, 6.45) is 0. The zero-order valence-corrected chi connectivity index (χ0v) is 14.3. The van der Waals surface area contributed by atoms with E-state index in [-0.39, 0.29) is 0 Å². The van der Waals surface area contributed by atoms with Gasteiger partial charge in [-0.25, -0.2) is 0 Å². The molecule has 0 fully saturated rings. The molecular weight excluding hydrogens is 265 g/mol. The fraction of sp³-hybridized carbons (Fsp3) is 0.467. The Kier molecular flexibility index (Phi) is 5.22. The molecule has 0 radical (unpaired) electrons. The Morgan fingerprint density at radius 2 is 1.60 bits per heavy atom. The number of hydrogen-bond acceptors (Lipinski definition) is 3. The van der Waals surface area contributed by atoms with E-state index in [1.54, 1.807) is 0 Å². The van der Waals surface area contributed by atoms with E-state index in [0.717, 1.165) is 27.8 Å². The molecule has 0 aliphatic carbocycles. The molecule has 0 saturated carbocycles. The molecule has 0 bridgehead atoms. The lowest BCUT2D eigenvalue weighted by atomic mass is 9.71. The van der Waals surface area contributed by atoms with Gasteiger partial charge in [0.15, 0.2) is 0 Å². The quantitative estimate of drug-likeness (QED) is 0.561. The van der Waals surface area contributed by atoms with Crippen molar-refractivity contribution >= 4 is 20.7 Å². The van der Waals surface area contributed by atoms with Crippen LogP contribution in [0.2, 0.25) is 19.6 Å². The van der Waals surface area contributed by atoms with Crippen molar-refractivity contribution in [3.05, 3.63) is 27.8 Å². The van der Waals surface area contributed by atoms with Gasteiger partial charge in [-0.15, -0.1) is 5.54 Å². The van der Waals surface area contributed by atoms with Crippen molar-refractivity contribution < 1.29 is 10.0 Å². The summed E-state index contributed by atoms with van der Waals surface area (Å²) in [4.78, 5) is 0. The Hall–Kier alpha value is -1.06. The van der Waals surface area contributed by atoms with Crippen LogP contribution in [0.25, 0.3) is 0 Å². The molecule has 5 heteroatoms. The Labute approximate surface area is 123 Å². The molecule has 0 aromatic heterocycles. The van der Waals surface area contributed by atoms with Crippen LogP contribution in [0.5, 0.6) is 0 Å². The second kappa shape index (κ2) is 6.15. The van der Waals surface area contributed by atoms with Crippen LogP contribution >= 0.6 is 0 Å². The van der Waals surface area contributed by atoms with Crippen molar-refractivity contribution in [2.75, 3.05) is 0 Å². The summed E-state index contributed by atoms with van der Waals surface area (Å²) in [5.74, 6) is 3.25. The average Bonchev–Trinajstić information content (AvgIpc) is 2.26. The van der Waals surface area contributed by atoms with Gasteiger partial charge in [0.2, 0.25) is 0 Å². The minimum atomic E-state index is -1.49. The molecule has 0 atom stereocenters. The number of nitrogens with two attached hydrogens (primary N) is 1. The summed E-state index contributed by atoms with van der Waals surface area (Å²) < 4.78 is 0. The lowest BCUT2D eigenvalue weighted by Crippen LogP contribution is -2.36. The van der Waals surface area contributed by atoms with Gasteiger partial charge in [0.05, 0.1) is 0 Å². The minimum absolute atomic E-state index is 0.374. The van der Waals surface area contributed by atoms with Crippen LogP contribution in [-0.4, -0.2) is 25.2 Å². The summed E-state index contributed by atoms with van der Waals surface area (Å²) >= 11 is 0. The number of benzene rings is 1. The molecule has 20 heavy (non-hydrogen) atoms. The monoisotopic (exact) mass is 289 g/mol. The Morgan fingerprint density at radius 1 is 1.05 bits per heavy atom. The highest BCUT2D eigenvalue weighted by Crippen LogP contribution is 2.20. The molecule has 4 N–H and O–H groups in total. The highest BCUT2D eigenvalue weighted by atomic mass is 28.3. The van der Waals surface area contributed by atoms with Crippen molar-refractivity contribution in [3.8, 4) is 11.5 Å². The van der Waals surface area contributed by atoms with E-state index >= 15 is 0 Å². The smallest absolute Gasteiger partial charge is 0.423 e. The van der Waals surface area contributed by atoms with Gasteiger partial charge in [-0.05, 0) is 48.5 Å². The molecule has 1 aromatic rings. The first-order chi connectivity index (χ1) is 9.10. The molecule has 0 aliphatic heterocycles. The lowest BCUT2D eigenvalue weighted by molar-refractivity contribution is 0.425. The van der Waals surface area contributed by atoms with Crippen LogP contribution in [0, 0.1) is 32.2 Å². The van der Waals surface area contributed by atoms with Crippen molar-refractivity contribution in [2.24, 2.45) is 5.73 Å². The van der Waals surface area contributed by atoms with Crippen LogP contribution in [0.3, 0.4) is 0 Å². The summed E-state index contributed by atoms with van der Waals surface area (Å²) in [7, 11) is -2.98. The van der Waals surface area contributed by atoms with Crippen LogP contribution in [0.15, 0.2) is 0 Å². The third-order valence-corrected chi connectivity index (χ3v) is 4.36. The first-order valence-electron chi connectivity index (χ1n) is 6.82. The standard InChI is InChI=1S/C15H24BNO2Si/c1-10-13(7-8-20(4,5)6)11(2)15(16(18)19)12(3)14(10)9-17/h18-19H,9,17H2,1-6H3. The van der Waals surface area contributed by atoms with Crippen molar-refractivity contribution in [1.29, 1.82) is 0 Å². The molecule has 0 spiro atoms. The summed E-state index contributed by atoms with van der Waals surface area (Å²) in [5, 5.41) is 19.2. The molecule has 0 amide bonds. The molecule has 1 rings (SSSR count).